The first-order chi connectivity index (χ1) is 21.3. The van der Waals surface area contributed by atoms with E-state index >= 15 is 0 Å². The molecule has 0 unspecified atom stereocenters. The van der Waals surface area contributed by atoms with E-state index in [-0.39, 0.29) is 17.6 Å². The Bertz CT molecular complexity index is 1550. The molecular formula is C37H40N2O5. The first-order valence-electron chi connectivity index (χ1n) is 14.9. The summed E-state index contributed by atoms with van der Waals surface area (Å²) in [4.78, 5) is 40.7. The van der Waals surface area contributed by atoms with Crippen molar-refractivity contribution in [3.05, 3.63) is 125 Å². The van der Waals surface area contributed by atoms with Crippen molar-refractivity contribution in [2.24, 2.45) is 5.92 Å². The molecule has 1 amide bonds. The third-order valence-corrected chi connectivity index (χ3v) is 7.25. The number of ketones is 1. The number of ether oxygens (including phenoxy) is 2. The first-order valence-corrected chi connectivity index (χ1v) is 14.9. The Labute approximate surface area is 259 Å². The Kier molecular flexibility index (Phi) is 11.3. The monoisotopic (exact) mass is 592 g/mol. The number of methoxy groups -OCH3 is 1. The number of amides is 1. The highest BCUT2D eigenvalue weighted by molar-refractivity contribution is 6.12. The van der Waals surface area contributed by atoms with E-state index in [1.54, 1.807) is 30.3 Å². The minimum Gasteiger partial charge on any atom is -0.494 e. The number of para-hydroxylation sites is 1. The van der Waals surface area contributed by atoms with Crippen molar-refractivity contribution in [3.63, 3.8) is 0 Å². The number of nitrogens with one attached hydrogen (secondary N) is 1. The van der Waals surface area contributed by atoms with Crippen LogP contribution in [0.3, 0.4) is 0 Å². The van der Waals surface area contributed by atoms with E-state index in [1.165, 1.54) is 7.11 Å². The van der Waals surface area contributed by atoms with Crippen LogP contribution in [-0.2, 0) is 20.7 Å². The molecule has 7 nitrogen and oxygen atoms in total. The summed E-state index contributed by atoms with van der Waals surface area (Å²) in [5.74, 6) is 0.120. The van der Waals surface area contributed by atoms with Crippen molar-refractivity contribution in [3.8, 4) is 5.75 Å². The number of carbonyl (C=O) groups is 3. The first kappa shape index (κ1) is 32.0. The van der Waals surface area contributed by atoms with Crippen LogP contribution in [0.25, 0.3) is 0 Å². The molecule has 4 aromatic rings. The molecular weight excluding hydrogens is 552 g/mol. The van der Waals surface area contributed by atoms with Crippen molar-refractivity contribution >= 4 is 29.0 Å². The summed E-state index contributed by atoms with van der Waals surface area (Å²) in [6.45, 7) is 6.84. The number of anilines is 2. The van der Waals surface area contributed by atoms with Crippen molar-refractivity contribution in [1.82, 2.24) is 0 Å². The molecule has 0 radical (unpaired) electrons. The zero-order valence-electron chi connectivity index (χ0n) is 25.8. The Morgan fingerprint density at radius 1 is 0.841 bits per heavy atom. The predicted octanol–water partition coefficient (Wildman–Crippen LogP) is 6.88. The van der Waals surface area contributed by atoms with Crippen molar-refractivity contribution in [2.45, 2.75) is 39.7 Å². The molecule has 0 fully saturated rings. The van der Waals surface area contributed by atoms with Crippen LogP contribution in [0.1, 0.15) is 47.3 Å². The van der Waals surface area contributed by atoms with Crippen LogP contribution in [0.15, 0.2) is 103 Å². The second kappa shape index (κ2) is 15.5. The van der Waals surface area contributed by atoms with Gasteiger partial charge in [-0.05, 0) is 60.9 Å². The molecule has 4 aromatic carbocycles. The fourth-order valence-electron chi connectivity index (χ4n) is 4.92. The van der Waals surface area contributed by atoms with Gasteiger partial charge in [-0.3, -0.25) is 9.59 Å². The molecule has 0 saturated carbocycles. The van der Waals surface area contributed by atoms with E-state index in [0.717, 1.165) is 16.8 Å². The summed E-state index contributed by atoms with van der Waals surface area (Å²) < 4.78 is 11.1. The van der Waals surface area contributed by atoms with Gasteiger partial charge in [0.2, 0.25) is 5.91 Å². The van der Waals surface area contributed by atoms with Gasteiger partial charge in [-0.25, -0.2) is 4.79 Å². The Balaban J connectivity index is 1.37. The van der Waals surface area contributed by atoms with Crippen LogP contribution in [0.2, 0.25) is 0 Å². The zero-order valence-corrected chi connectivity index (χ0v) is 25.8. The minimum absolute atomic E-state index is 0.0841. The van der Waals surface area contributed by atoms with E-state index in [9.17, 15) is 14.4 Å². The SMILES string of the molecule is COC(=O)[C@H](Cc1ccc(OCCCN(C(=O)C(C)C)c2cccc(C)c2)cc1)Nc1ccccc1C(=O)c1ccccc1. The number of benzene rings is 4. The van der Waals surface area contributed by atoms with Crippen LogP contribution >= 0.6 is 0 Å². The largest absolute Gasteiger partial charge is 0.494 e. The molecule has 0 bridgehead atoms. The number of esters is 1. The molecule has 44 heavy (non-hydrogen) atoms. The van der Waals surface area contributed by atoms with E-state index < -0.39 is 12.0 Å². The summed E-state index contributed by atoms with van der Waals surface area (Å²) in [7, 11) is 1.35. The maximum Gasteiger partial charge on any atom is 0.328 e. The average molecular weight is 593 g/mol. The van der Waals surface area contributed by atoms with Gasteiger partial charge in [0.25, 0.3) is 0 Å². The molecule has 228 valence electrons. The van der Waals surface area contributed by atoms with Gasteiger partial charge in [0, 0.05) is 41.4 Å². The topological polar surface area (TPSA) is 84.9 Å². The fraction of sp³-hybridized carbons (Fsp3) is 0.270. The number of rotatable bonds is 14. The number of hydrogen-bond donors (Lipinski definition) is 1. The third kappa shape index (κ3) is 8.57. The lowest BCUT2D eigenvalue weighted by Crippen LogP contribution is -2.35. The number of aryl methyl sites for hydroxylation is 1. The fourth-order valence-corrected chi connectivity index (χ4v) is 4.92. The number of hydrogen-bond acceptors (Lipinski definition) is 6. The molecule has 0 aliphatic carbocycles. The molecule has 7 heteroatoms. The number of nitrogens with zero attached hydrogens (tertiary/aromatic N) is 1. The highest BCUT2D eigenvalue weighted by Gasteiger charge is 2.23. The maximum absolute atomic E-state index is 13.2. The van der Waals surface area contributed by atoms with E-state index in [0.29, 0.717) is 48.6 Å². The summed E-state index contributed by atoms with van der Waals surface area (Å²) >= 11 is 0. The lowest BCUT2D eigenvalue weighted by atomic mass is 10.00. The highest BCUT2D eigenvalue weighted by Crippen LogP contribution is 2.23. The summed E-state index contributed by atoms with van der Waals surface area (Å²) in [6, 6.07) is 31.0. The van der Waals surface area contributed by atoms with Crippen LogP contribution in [0.5, 0.6) is 5.75 Å². The van der Waals surface area contributed by atoms with Crippen LogP contribution in [0, 0.1) is 12.8 Å². The van der Waals surface area contributed by atoms with Crippen LogP contribution in [0.4, 0.5) is 11.4 Å². The van der Waals surface area contributed by atoms with Gasteiger partial charge in [-0.15, -0.1) is 0 Å². The molecule has 0 saturated heterocycles. The van der Waals surface area contributed by atoms with Gasteiger partial charge in [-0.2, -0.15) is 0 Å². The molecule has 4 rings (SSSR count). The Hall–Kier alpha value is -4.91. The highest BCUT2D eigenvalue weighted by atomic mass is 16.5. The molecule has 0 aliphatic rings. The second-order valence-electron chi connectivity index (χ2n) is 11.0. The minimum atomic E-state index is -0.706. The second-order valence-corrected chi connectivity index (χ2v) is 11.0. The average Bonchev–Trinajstić information content (AvgIpc) is 3.04. The van der Waals surface area contributed by atoms with Crippen LogP contribution < -0.4 is 15.0 Å². The summed E-state index contributed by atoms with van der Waals surface area (Å²) in [5.41, 5.74) is 4.52. The van der Waals surface area contributed by atoms with E-state index in [2.05, 4.69) is 5.32 Å². The summed E-state index contributed by atoms with van der Waals surface area (Å²) in [6.07, 6.45) is 1.02. The molecule has 1 atom stereocenters. The van der Waals surface area contributed by atoms with Gasteiger partial charge < -0.3 is 19.7 Å². The van der Waals surface area contributed by atoms with Crippen molar-refractivity contribution in [1.29, 1.82) is 0 Å². The molecule has 0 spiro atoms. The summed E-state index contributed by atoms with van der Waals surface area (Å²) in [5, 5.41) is 3.24. The smallest absolute Gasteiger partial charge is 0.328 e. The quantitative estimate of drug-likeness (QED) is 0.0976. The third-order valence-electron chi connectivity index (χ3n) is 7.25. The molecule has 1 N–H and O–H groups in total. The van der Waals surface area contributed by atoms with Gasteiger partial charge in [-0.1, -0.05) is 80.6 Å². The lowest BCUT2D eigenvalue weighted by Gasteiger charge is -2.25. The molecule has 0 aromatic heterocycles. The van der Waals surface area contributed by atoms with Crippen molar-refractivity contribution < 1.29 is 23.9 Å². The Morgan fingerprint density at radius 3 is 2.23 bits per heavy atom. The van der Waals surface area contributed by atoms with Gasteiger partial charge in [0.1, 0.15) is 11.8 Å². The zero-order chi connectivity index (χ0) is 31.5. The lowest BCUT2D eigenvalue weighted by molar-refractivity contribution is -0.141. The van der Waals surface area contributed by atoms with Gasteiger partial charge in [0.05, 0.1) is 13.7 Å². The van der Waals surface area contributed by atoms with Crippen LogP contribution in [-0.4, -0.2) is 44.0 Å². The predicted molar refractivity (Wildman–Crippen MR) is 174 cm³/mol. The van der Waals surface area contributed by atoms with E-state index in [1.807, 2.05) is 98.5 Å². The molecule has 0 heterocycles. The van der Waals surface area contributed by atoms with Gasteiger partial charge in [0.15, 0.2) is 5.78 Å². The Morgan fingerprint density at radius 2 is 1.55 bits per heavy atom. The molecule has 0 aliphatic heterocycles. The standard InChI is InChI=1S/C37H40N2O5/c1-26(2)36(41)39(30-15-10-12-27(3)24-30)22-11-23-44-31-20-18-28(19-21-31)25-34(37(42)43-4)38-33-17-9-8-16-32(33)35(40)29-13-6-5-7-14-29/h5-10,12-21,24,26,34,38H,11,22-23,25H2,1-4H3/t34-/m0/s1. The normalized spacial score (nSPS) is 11.5. The van der Waals surface area contributed by atoms with E-state index in [4.69, 9.17) is 9.47 Å². The van der Waals surface area contributed by atoms with Crippen molar-refractivity contribution in [2.75, 3.05) is 30.5 Å². The van der Waals surface area contributed by atoms with Gasteiger partial charge >= 0.3 is 5.97 Å². The number of carbonyl (C=O) groups excluding carboxylic acids is 3. The maximum atomic E-state index is 13.2.